The molecular formula is C20H20N2. The molecule has 0 radical (unpaired) electrons. The molecule has 2 nitrogen and oxygen atoms in total. The lowest BCUT2D eigenvalue weighted by molar-refractivity contribution is 0.590. The van der Waals surface area contributed by atoms with Crippen LogP contribution in [-0.4, -0.2) is 4.57 Å². The van der Waals surface area contributed by atoms with Crippen LogP contribution in [-0.2, 0) is 12.0 Å². The van der Waals surface area contributed by atoms with Crippen molar-refractivity contribution in [2.75, 3.05) is 0 Å². The molecule has 1 heterocycles. The Morgan fingerprint density at radius 1 is 1.00 bits per heavy atom. The second kappa shape index (κ2) is 5.35. The first-order valence-electron chi connectivity index (χ1n) is 7.56. The third-order valence-electron chi connectivity index (χ3n) is 4.08. The van der Waals surface area contributed by atoms with Crippen LogP contribution in [0.1, 0.15) is 37.5 Å². The second-order valence-electron chi connectivity index (χ2n) is 6.75. The van der Waals surface area contributed by atoms with E-state index in [9.17, 15) is 5.26 Å². The Morgan fingerprint density at radius 2 is 1.68 bits per heavy atom. The lowest BCUT2D eigenvalue weighted by Gasteiger charge is -2.19. The number of nitrogens with zero attached hydrogens (tertiary/aromatic N) is 2. The van der Waals surface area contributed by atoms with Crippen molar-refractivity contribution in [3.8, 4) is 6.07 Å². The molecular weight excluding hydrogens is 268 g/mol. The monoisotopic (exact) mass is 288 g/mol. The summed E-state index contributed by atoms with van der Waals surface area (Å²) < 4.78 is 2.15. The van der Waals surface area contributed by atoms with Gasteiger partial charge >= 0.3 is 0 Å². The van der Waals surface area contributed by atoms with E-state index in [0.717, 1.165) is 23.0 Å². The quantitative estimate of drug-likeness (QED) is 0.662. The van der Waals surface area contributed by atoms with E-state index in [4.69, 9.17) is 0 Å². The molecule has 2 heteroatoms. The van der Waals surface area contributed by atoms with E-state index < -0.39 is 0 Å². The summed E-state index contributed by atoms with van der Waals surface area (Å²) in [5, 5.41) is 10.3. The Morgan fingerprint density at radius 3 is 2.32 bits per heavy atom. The van der Waals surface area contributed by atoms with Crippen molar-refractivity contribution in [3.63, 3.8) is 0 Å². The first-order valence-corrected chi connectivity index (χ1v) is 7.56. The van der Waals surface area contributed by atoms with Gasteiger partial charge in [-0.05, 0) is 22.6 Å². The van der Waals surface area contributed by atoms with Gasteiger partial charge in [-0.25, -0.2) is 0 Å². The molecule has 1 aromatic heterocycles. The van der Waals surface area contributed by atoms with Gasteiger partial charge in [0, 0.05) is 23.6 Å². The molecule has 0 spiro atoms. The minimum absolute atomic E-state index is 0.173. The predicted octanol–water partition coefficient (Wildman–Crippen LogP) is 4.86. The molecule has 0 N–H and O–H groups in total. The standard InChI is InChI=1S/C20H20N2/c1-20(2,3)17-10-8-15(9-11-17)13-22-14-16(12-21)18-6-4-5-7-19(18)22/h4-11,14H,13H2,1-3H3. The smallest absolute Gasteiger partial charge is 0.101 e. The summed E-state index contributed by atoms with van der Waals surface area (Å²) in [4.78, 5) is 0. The Balaban J connectivity index is 1.96. The van der Waals surface area contributed by atoms with E-state index in [2.05, 4.69) is 61.7 Å². The number of fused-ring (bicyclic) bond motifs is 1. The Bertz CT molecular complexity index is 840. The highest BCUT2D eigenvalue weighted by Crippen LogP contribution is 2.24. The third-order valence-corrected chi connectivity index (χ3v) is 4.08. The van der Waals surface area contributed by atoms with Gasteiger partial charge in [0.15, 0.2) is 0 Å². The molecule has 2 aromatic carbocycles. The summed E-state index contributed by atoms with van der Waals surface area (Å²) in [7, 11) is 0. The molecule has 110 valence electrons. The first-order chi connectivity index (χ1) is 10.5. The van der Waals surface area contributed by atoms with Crippen LogP contribution < -0.4 is 0 Å². The van der Waals surface area contributed by atoms with Gasteiger partial charge in [-0.15, -0.1) is 0 Å². The number of benzene rings is 2. The Kier molecular flexibility index (Phi) is 3.50. The molecule has 0 bridgehead atoms. The maximum absolute atomic E-state index is 9.28. The summed E-state index contributed by atoms with van der Waals surface area (Å²) in [5.74, 6) is 0. The minimum atomic E-state index is 0.173. The first kappa shape index (κ1) is 14.4. The van der Waals surface area contributed by atoms with Crippen molar-refractivity contribution >= 4 is 10.9 Å². The van der Waals surface area contributed by atoms with Crippen molar-refractivity contribution in [2.45, 2.75) is 32.7 Å². The minimum Gasteiger partial charge on any atom is -0.342 e. The van der Waals surface area contributed by atoms with Crippen LogP contribution in [0.15, 0.2) is 54.7 Å². The van der Waals surface area contributed by atoms with Crippen molar-refractivity contribution in [3.05, 3.63) is 71.4 Å². The molecule has 22 heavy (non-hydrogen) atoms. The van der Waals surface area contributed by atoms with Gasteiger partial charge in [0.05, 0.1) is 5.56 Å². The number of para-hydroxylation sites is 1. The maximum Gasteiger partial charge on any atom is 0.101 e. The average Bonchev–Trinajstić information content (AvgIpc) is 2.85. The maximum atomic E-state index is 9.28. The fourth-order valence-corrected chi connectivity index (χ4v) is 2.77. The molecule has 0 atom stereocenters. The van der Waals surface area contributed by atoms with Gasteiger partial charge in [-0.2, -0.15) is 5.26 Å². The molecule has 0 fully saturated rings. The molecule has 0 aliphatic heterocycles. The molecule has 0 saturated heterocycles. The number of nitriles is 1. The van der Waals surface area contributed by atoms with Crippen molar-refractivity contribution in [1.82, 2.24) is 4.57 Å². The number of aromatic nitrogens is 1. The Labute approximate surface area is 131 Å². The predicted molar refractivity (Wildman–Crippen MR) is 90.9 cm³/mol. The molecule has 0 aliphatic carbocycles. The topological polar surface area (TPSA) is 28.7 Å². The van der Waals surface area contributed by atoms with E-state index >= 15 is 0 Å². The van der Waals surface area contributed by atoms with Gasteiger partial charge in [0.1, 0.15) is 6.07 Å². The van der Waals surface area contributed by atoms with Gasteiger partial charge < -0.3 is 4.57 Å². The molecule has 0 unspecified atom stereocenters. The van der Waals surface area contributed by atoms with Crippen LogP contribution in [0.4, 0.5) is 0 Å². The zero-order valence-electron chi connectivity index (χ0n) is 13.3. The molecule has 0 saturated carbocycles. The summed E-state index contributed by atoms with van der Waals surface area (Å²) in [6.45, 7) is 7.45. The van der Waals surface area contributed by atoms with E-state index in [1.165, 1.54) is 11.1 Å². The van der Waals surface area contributed by atoms with Crippen molar-refractivity contribution in [1.29, 1.82) is 5.26 Å². The van der Waals surface area contributed by atoms with E-state index in [-0.39, 0.29) is 5.41 Å². The van der Waals surface area contributed by atoms with Gasteiger partial charge in [0.2, 0.25) is 0 Å². The van der Waals surface area contributed by atoms with Gasteiger partial charge in [-0.3, -0.25) is 0 Å². The number of hydrogen-bond donors (Lipinski definition) is 0. The molecule has 0 aliphatic rings. The zero-order valence-corrected chi connectivity index (χ0v) is 13.3. The van der Waals surface area contributed by atoms with Crippen LogP contribution in [0, 0.1) is 11.3 Å². The number of rotatable bonds is 2. The van der Waals surface area contributed by atoms with Gasteiger partial charge in [-0.1, -0.05) is 63.2 Å². The number of hydrogen-bond acceptors (Lipinski definition) is 1. The Hall–Kier alpha value is -2.53. The lowest BCUT2D eigenvalue weighted by Crippen LogP contribution is -2.10. The highest BCUT2D eigenvalue weighted by molar-refractivity contribution is 5.86. The molecule has 3 rings (SSSR count). The van der Waals surface area contributed by atoms with Crippen LogP contribution >= 0.6 is 0 Å². The fourth-order valence-electron chi connectivity index (χ4n) is 2.77. The highest BCUT2D eigenvalue weighted by atomic mass is 15.0. The summed E-state index contributed by atoms with van der Waals surface area (Å²) in [5.41, 5.74) is 4.61. The fraction of sp³-hybridized carbons (Fsp3) is 0.250. The normalized spacial score (nSPS) is 11.5. The summed E-state index contributed by atoms with van der Waals surface area (Å²) >= 11 is 0. The third kappa shape index (κ3) is 2.63. The van der Waals surface area contributed by atoms with Crippen molar-refractivity contribution < 1.29 is 0 Å². The average molecular weight is 288 g/mol. The summed E-state index contributed by atoms with van der Waals surface area (Å²) in [6.07, 6.45) is 1.95. The summed E-state index contributed by atoms with van der Waals surface area (Å²) in [6, 6.07) is 19.1. The van der Waals surface area contributed by atoms with Crippen molar-refractivity contribution in [2.24, 2.45) is 0 Å². The van der Waals surface area contributed by atoms with Crippen LogP contribution in [0.5, 0.6) is 0 Å². The van der Waals surface area contributed by atoms with Crippen LogP contribution in [0.2, 0.25) is 0 Å². The van der Waals surface area contributed by atoms with E-state index in [0.29, 0.717) is 0 Å². The largest absolute Gasteiger partial charge is 0.342 e. The van der Waals surface area contributed by atoms with E-state index in [1.54, 1.807) is 0 Å². The highest BCUT2D eigenvalue weighted by Gasteiger charge is 2.13. The zero-order chi connectivity index (χ0) is 15.7. The second-order valence-corrected chi connectivity index (χ2v) is 6.75. The van der Waals surface area contributed by atoms with Crippen LogP contribution in [0.3, 0.4) is 0 Å². The molecule has 3 aromatic rings. The lowest BCUT2D eigenvalue weighted by atomic mass is 9.87. The molecule has 0 amide bonds. The SMILES string of the molecule is CC(C)(C)c1ccc(Cn2cc(C#N)c3ccccc32)cc1. The van der Waals surface area contributed by atoms with E-state index in [1.807, 2.05) is 24.4 Å². The van der Waals surface area contributed by atoms with Crippen LogP contribution in [0.25, 0.3) is 10.9 Å². The van der Waals surface area contributed by atoms with Gasteiger partial charge in [0.25, 0.3) is 0 Å².